The van der Waals surface area contributed by atoms with Gasteiger partial charge in [-0.05, 0) is 20.5 Å². The minimum Gasteiger partial charge on any atom is -0.358 e. The molecule has 0 saturated heterocycles. The molecule has 0 bridgehead atoms. The molecule has 0 saturated carbocycles. The summed E-state index contributed by atoms with van der Waals surface area (Å²) in [6.07, 6.45) is 3.49. The molecular formula is C12H21ClN4. The Morgan fingerprint density at radius 2 is 1.88 bits per heavy atom. The molecule has 4 nitrogen and oxygen atoms in total. The van der Waals surface area contributed by atoms with E-state index < -0.39 is 0 Å². The van der Waals surface area contributed by atoms with E-state index in [0.29, 0.717) is 5.15 Å². The molecule has 0 aliphatic carbocycles. The summed E-state index contributed by atoms with van der Waals surface area (Å²) >= 11 is 6.13. The van der Waals surface area contributed by atoms with Gasteiger partial charge in [0.15, 0.2) is 0 Å². The van der Waals surface area contributed by atoms with Crippen LogP contribution in [0.25, 0.3) is 0 Å². The SMILES string of the molecule is CCCc1c(Cl)ncnc1N(C)CCN(C)C. The topological polar surface area (TPSA) is 32.3 Å². The van der Waals surface area contributed by atoms with Crippen molar-refractivity contribution in [2.24, 2.45) is 0 Å². The summed E-state index contributed by atoms with van der Waals surface area (Å²) in [7, 11) is 6.17. The van der Waals surface area contributed by atoms with E-state index >= 15 is 0 Å². The number of aromatic nitrogens is 2. The summed E-state index contributed by atoms with van der Waals surface area (Å²) in [5, 5.41) is 0.577. The molecule has 1 heterocycles. The van der Waals surface area contributed by atoms with Crippen molar-refractivity contribution in [3.05, 3.63) is 17.0 Å². The Balaban J connectivity index is 2.84. The molecule has 0 unspecified atom stereocenters. The summed E-state index contributed by atoms with van der Waals surface area (Å²) < 4.78 is 0. The van der Waals surface area contributed by atoms with E-state index in [9.17, 15) is 0 Å². The highest BCUT2D eigenvalue weighted by Crippen LogP contribution is 2.23. The second-order valence-electron chi connectivity index (χ2n) is 4.44. The van der Waals surface area contributed by atoms with Gasteiger partial charge in [0.05, 0.1) is 0 Å². The molecule has 0 aliphatic rings. The average Bonchev–Trinajstić information content (AvgIpc) is 2.29. The molecule has 1 rings (SSSR count). The van der Waals surface area contributed by atoms with Gasteiger partial charge in [0, 0.05) is 25.7 Å². The van der Waals surface area contributed by atoms with E-state index in [1.807, 2.05) is 7.05 Å². The average molecular weight is 257 g/mol. The van der Waals surface area contributed by atoms with Gasteiger partial charge in [-0.3, -0.25) is 0 Å². The summed E-state index contributed by atoms with van der Waals surface area (Å²) in [6, 6.07) is 0. The lowest BCUT2D eigenvalue weighted by atomic mass is 10.2. The van der Waals surface area contributed by atoms with Crippen molar-refractivity contribution in [1.29, 1.82) is 0 Å². The van der Waals surface area contributed by atoms with Gasteiger partial charge in [-0.15, -0.1) is 0 Å². The van der Waals surface area contributed by atoms with Crippen LogP contribution in [0.3, 0.4) is 0 Å². The zero-order chi connectivity index (χ0) is 12.8. The lowest BCUT2D eigenvalue weighted by molar-refractivity contribution is 0.416. The van der Waals surface area contributed by atoms with Crippen LogP contribution in [-0.2, 0) is 6.42 Å². The number of hydrogen-bond acceptors (Lipinski definition) is 4. The van der Waals surface area contributed by atoms with Crippen LogP contribution in [0, 0.1) is 0 Å². The van der Waals surface area contributed by atoms with E-state index in [-0.39, 0.29) is 0 Å². The second kappa shape index (κ2) is 6.77. The highest BCUT2D eigenvalue weighted by Gasteiger charge is 2.12. The lowest BCUT2D eigenvalue weighted by Crippen LogP contribution is -2.29. The molecule has 96 valence electrons. The standard InChI is InChI=1S/C12H21ClN4/c1-5-6-10-11(13)14-9-15-12(10)17(4)8-7-16(2)3/h9H,5-8H2,1-4H3. The molecule has 1 aromatic rings. The Morgan fingerprint density at radius 1 is 1.18 bits per heavy atom. The minimum atomic E-state index is 0.577. The fourth-order valence-electron chi connectivity index (χ4n) is 1.63. The smallest absolute Gasteiger partial charge is 0.137 e. The molecule has 0 fully saturated rings. The van der Waals surface area contributed by atoms with Crippen molar-refractivity contribution in [1.82, 2.24) is 14.9 Å². The van der Waals surface area contributed by atoms with Crippen LogP contribution in [0.5, 0.6) is 0 Å². The Morgan fingerprint density at radius 3 is 2.47 bits per heavy atom. The second-order valence-corrected chi connectivity index (χ2v) is 4.80. The monoisotopic (exact) mass is 256 g/mol. The van der Waals surface area contributed by atoms with E-state index in [0.717, 1.165) is 37.3 Å². The van der Waals surface area contributed by atoms with Crippen molar-refractivity contribution in [2.45, 2.75) is 19.8 Å². The van der Waals surface area contributed by atoms with Crippen LogP contribution in [0.2, 0.25) is 5.15 Å². The van der Waals surface area contributed by atoms with Crippen LogP contribution in [0.15, 0.2) is 6.33 Å². The van der Waals surface area contributed by atoms with E-state index in [2.05, 4.69) is 40.8 Å². The molecule has 1 aromatic heterocycles. The summed E-state index contributed by atoms with van der Waals surface area (Å²) in [5.41, 5.74) is 1.05. The van der Waals surface area contributed by atoms with Crippen molar-refractivity contribution < 1.29 is 0 Å². The van der Waals surface area contributed by atoms with Gasteiger partial charge in [0.25, 0.3) is 0 Å². The fraction of sp³-hybridized carbons (Fsp3) is 0.667. The number of likely N-dealkylation sites (N-methyl/N-ethyl adjacent to an activating group) is 2. The molecule has 0 aromatic carbocycles. The third-order valence-corrected chi connectivity index (χ3v) is 2.94. The first-order valence-corrected chi connectivity index (χ1v) is 6.29. The predicted octanol–water partition coefficient (Wildman–Crippen LogP) is 2.08. The quantitative estimate of drug-likeness (QED) is 0.730. The number of rotatable bonds is 6. The van der Waals surface area contributed by atoms with Gasteiger partial charge in [0.1, 0.15) is 17.3 Å². The van der Waals surface area contributed by atoms with E-state index in [4.69, 9.17) is 11.6 Å². The first-order chi connectivity index (χ1) is 8.06. The minimum absolute atomic E-state index is 0.577. The van der Waals surface area contributed by atoms with Gasteiger partial charge >= 0.3 is 0 Å². The number of hydrogen-bond donors (Lipinski definition) is 0. The van der Waals surface area contributed by atoms with Gasteiger partial charge < -0.3 is 9.80 Å². The van der Waals surface area contributed by atoms with Crippen molar-refractivity contribution in [3.8, 4) is 0 Å². The van der Waals surface area contributed by atoms with Crippen LogP contribution in [-0.4, -0.2) is 49.1 Å². The Bertz CT molecular complexity index is 354. The number of nitrogens with zero attached hydrogens (tertiary/aromatic N) is 4. The van der Waals surface area contributed by atoms with Crippen molar-refractivity contribution in [3.63, 3.8) is 0 Å². The highest BCUT2D eigenvalue weighted by atomic mass is 35.5. The van der Waals surface area contributed by atoms with Crippen molar-refractivity contribution in [2.75, 3.05) is 39.1 Å². The van der Waals surface area contributed by atoms with Gasteiger partial charge in [-0.1, -0.05) is 24.9 Å². The number of anilines is 1. The first kappa shape index (κ1) is 14.2. The van der Waals surface area contributed by atoms with Crippen LogP contribution in [0.1, 0.15) is 18.9 Å². The van der Waals surface area contributed by atoms with Gasteiger partial charge in [-0.25, -0.2) is 9.97 Å². The number of halogens is 1. The molecule has 0 amide bonds. The maximum atomic E-state index is 6.13. The fourth-order valence-corrected chi connectivity index (χ4v) is 1.85. The zero-order valence-electron chi connectivity index (χ0n) is 11.1. The van der Waals surface area contributed by atoms with Crippen LogP contribution < -0.4 is 4.90 Å². The molecule has 0 spiro atoms. The Kier molecular flexibility index (Phi) is 5.65. The van der Waals surface area contributed by atoms with Gasteiger partial charge in [0.2, 0.25) is 0 Å². The first-order valence-electron chi connectivity index (χ1n) is 5.91. The maximum Gasteiger partial charge on any atom is 0.137 e. The summed E-state index contributed by atoms with van der Waals surface area (Å²) in [6.45, 7) is 4.05. The molecule has 17 heavy (non-hydrogen) atoms. The maximum absolute atomic E-state index is 6.13. The molecule has 0 atom stereocenters. The Hall–Kier alpha value is -0.870. The highest BCUT2D eigenvalue weighted by molar-refractivity contribution is 6.30. The normalized spacial score (nSPS) is 10.9. The van der Waals surface area contributed by atoms with Gasteiger partial charge in [-0.2, -0.15) is 0 Å². The summed E-state index contributed by atoms with van der Waals surface area (Å²) in [5.74, 6) is 0.953. The predicted molar refractivity (Wildman–Crippen MR) is 72.9 cm³/mol. The van der Waals surface area contributed by atoms with E-state index in [1.165, 1.54) is 6.33 Å². The lowest BCUT2D eigenvalue weighted by Gasteiger charge is -2.23. The Labute approximate surface area is 109 Å². The van der Waals surface area contributed by atoms with Crippen LogP contribution >= 0.6 is 11.6 Å². The van der Waals surface area contributed by atoms with Crippen molar-refractivity contribution >= 4 is 17.4 Å². The summed E-state index contributed by atoms with van der Waals surface area (Å²) in [4.78, 5) is 12.7. The molecular weight excluding hydrogens is 236 g/mol. The zero-order valence-corrected chi connectivity index (χ0v) is 11.8. The largest absolute Gasteiger partial charge is 0.358 e. The molecule has 5 heteroatoms. The third kappa shape index (κ3) is 4.13. The third-order valence-electron chi connectivity index (χ3n) is 2.61. The van der Waals surface area contributed by atoms with Crippen LogP contribution in [0.4, 0.5) is 5.82 Å². The molecule has 0 aliphatic heterocycles. The molecule has 0 N–H and O–H groups in total. The molecule has 0 radical (unpaired) electrons. The van der Waals surface area contributed by atoms with E-state index in [1.54, 1.807) is 0 Å².